The second kappa shape index (κ2) is 26.1. The van der Waals surface area contributed by atoms with Crippen LogP contribution in [-0.4, -0.2) is 42.5 Å². The van der Waals surface area contributed by atoms with Gasteiger partial charge in [0.15, 0.2) is 0 Å². The molecule has 430 valence electrons. The number of anilines is 6. The molecule has 0 saturated heterocycles. The van der Waals surface area contributed by atoms with Crippen molar-refractivity contribution in [3.8, 4) is 0 Å². The number of rotatable bonds is 23. The van der Waals surface area contributed by atoms with Crippen LogP contribution in [-0.2, 0) is 10.8 Å². The largest absolute Gasteiger partial charge is 0.309 e. The summed E-state index contributed by atoms with van der Waals surface area (Å²) in [5.41, 5.74) is 14.6. The molecule has 0 unspecified atom stereocenters. The van der Waals surface area contributed by atoms with E-state index in [2.05, 4.69) is 264 Å². The Morgan fingerprint density at radius 1 is 0.325 bits per heavy atom. The molecule has 0 aromatic heterocycles. The maximum Gasteiger partial charge on any atom is 0.0860 e. The molecule has 0 aliphatic heterocycles. The van der Waals surface area contributed by atoms with Crippen molar-refractivity contribution in [2.75, 3.05) is 9.80 Å². The van der Waals surface area contributed by atoms with Crippen LogP contribution in [0, 0.1) is 20.8 Å². The van der Waals surface area contributed by atoms with Gasteiger partial charge < -0.3 is 9.80 Å². The lowest BCUT2D eigenvalue weighted by molar-refractivity contribution is 0.590. The van der Waals surface area contributed by atoms with E-state index in [0.29, 0.717) is 0 Å². The van der Waals surface area contributed by atoms with E-state index < -0.39 is 42.5 Å². The van der Waals surface area contributed by atoms with Crippen LogP contribution in [0.1, 0.15) is 152 Å². The quantitative estimate of drug-likeness (QED) is 0.0358. The predicted octanol–water partition coefficient (Wildman–Crippen LogP) is 19.3. The van der Waals surface area contributed by atoms with Crippen LogP contribution < -0.4 is 35.7 Å². The topological polar surface area (TPSA) is 6.48 Å². The molecule has 0 bridgehead atoms. The van der Waals surface area contributed by atoms with Crippen molar-refractivity contribution >= 4 is 124 Å². The number of benzene rings is 7. The maximum atomic E-state index is 2.83. The fourth-order valence-corrected chi connectivity index (χ4v) is 29.0. The fraction of sp³-hybridized carbons (Fsp3) is 0.479. The van der Waals surface area contributed by atoms with Crippen LogP contribution in [0.2, 0.25) is 72.5 Å². The molecule has 2 nitrogen and oxygen atoms in total. The van der Waals surface area contributed by atoms with E-state index >= 15 is 0 Å². The summed E-state index contributed by atoms with van der Waals surface area (Å²) in [5, 5.41) is 13.4. The first-order valence-electron chi connectivity index (χ1n) is 32.2. The number of hydrogen-bond acceptors (Lipinski definition) is 2. The molecule has 0 amide bonds. The summed E-state index contributed by atoms with van der Waals surface area (Å²) >= 11 is 0. The molecule has 0 aliphatic carbocycles. The smallest absolute Gasteiger partial charge is 0.0860 e. The minimum atomic E-state index is -1.82. The summed E-state index contributed by atoms with van der Waals surface area (Å²) < 4.78 is 0. The third-order valence-corrected chi connectivity index (χ3v) is 41.0. The molecule has 7 rings (SSSR count). The van der Waals surface area contributed by atoms with Crippen molar-refractivity contribution in [2.24, 2.45) is 0 Å². The Hall–Kier alpha value is -4.26. The van der Waals surface area contributed by atoms with E-state index in [1.165, 1.54) is 156 Å². The van der Waals surface area contributed by atoms with Gasteiger partial charge in [-0.1, -0.05) is 272 Å². The van der Waals surface area contributed by atoms with Crippen molar-refractivity contribution in [1.82, 2.24) is 0 Å². The van der Waals surface area contributed by atoms with Gasteiger partial charge in [0, 0.05) is 44.3 Å². The third-order valence-electron chi connectivity index (χ3n) is 20.1. The van der Waals surface area contributed by atoms with Gasteiger partial charge in [-0.15, -0.1) is 0 Å². The highest BCUT2D eigenvalue weighted by Gasteiger charge is 2.35. The average molecular weight is 1150 g/mol. The first-order chi connectivity index (χ1) is 38.0. The van der Waals surface area contributed by atoms with E-state index in [4.69, 9.17) is 0 Å². The molecule has 7 aromatic rings. The molecular weight excluding hydrogens is 1050 g/mol. The standard InChI is InChI=1S/C73H108N2Si5/c1-22-76(23-2)61-41-52(13)38-57(46-61)74(60-47-62(77(24-3)25-4)51-63(48-60)78(26-5)27-6)70-66-36-34-56(73(19,20)21)45-69(66)71(67-37-35-55(44-68(67)70)72(16,17)18)75(58-39-53(14)42-64(49-58)79(28-7,29-8)30-9)59-40-54(15)43-65(50-59)80(31-10,32-11)33-12/h34-51,76-78H,22-33H2,1-21H3. The third kappa shape index (κ3) is 12.6. The van der Waals surface area contributed by atoms with E-state index in [1.807, 2.05) is 0 Å². The number of fused-ring (bicyclic) bond motifs is 2. The number of aryl methyl sites for hydroxylation is 3. The molecule has 0 heterocycles. The Morgan fingerprint density at radius 3 is 0.912 bits per heavy atom. The summed E-state index contributed by atoms with van der Waals surface area (Å²) in [4.78, 5) is 5.63. The van der Waals surface area contributed by atoms with Gasteiger partial charge in [-0.05, 0) is 120 Å². The van der Waals surface area contributed by atoms with E-state index in [9.17, 15) is 0 Å². The molecule has 0 fully saturated rings. The lowest BCUT2D eigenvalue weighted by atomic mass is 9.82. The van der Waals surface area contributed by atoms with Gasteiger partial charge >= 0.3 is 0 Å². The molecule has 0 atom stereocenters. The highest BCUT2D eigenvalue weighted by Crippen LogP contribution is 2.53. The van der Waals surface area contributed by atoms with Gasteiger partial charge in [0.2, 0.25) is 0 Å². The van der Waals surface area contributed by atoms with Crippen molar-refractivity contribution in [2.45, 2.75) is 229 Å². The summed E-state index contributed by atoms with van der Waals surface area (Å²) in [5.74, 6) is 0. The summed E-state index contributed by atoms with van der Waals surface area (Å²) in [6.45, 7) is 51.2. The average Bonchev–Trinajstić information content (AvgIpc) is 3.41. The zero-order chi connectivity index (χ0) is 58.6. The van der Waals surface area contributed by atoms with Crippen molar-refractivity contribution in [3.05, 3.63) is 137 Å². The van der Waals surface area contributed by atoms with E-state index in [-0.39, 0.29) is 10.8 Å². The van der Waals surface area contributed by atoms with Crippen LogP contribution in [0.3, 0.4) is 0 Å². The normalized spacial score (nSPS) is 12.8. The van der Waals surface area contributed by atoms with E-state index in [1.54, 1.807) is 25.9 Å². The van der Waals surface area contributed by atoms with Crippen LogP contribution in [0.15, 0.2) is 109 Å². The summed E-state index contributed by atoms with van der Waals surface area (Å²) in [7, 11) is -7.36. The Balaban J connectivity index is 1.83. The number of nitrogens with zero attached hydrogens (tertiary/aromatic N) is 2. The Kier molecular flexibility index (Phi) is 20.7. The number of hydrogen-bond donors (Lipinski definition) is 0. The van der Waals surface area contributed by atoms with E-state index in [0.717, 1.165) is 0 Å². The molecule has 0 aliphatic rings. The lowest BCUT2D eigenvalue weighted by Crippen LogP contribution is -2.46. The SMILES string of the molecule is CC[SiH](CC)c1cc(C)cc(N(c2cc([SiH](CC)CC)cc([SiH](CC)CC)c2)c2c3ccc(C(C)(C)C)cc3c(N(c3cc(C)cc([Si](CC)(CC)CC)c3)c3cc(C)cc([Si](CC)(CC)CC)c3)c3ccc(C(C)(C)C)cc23)c1. The highest BCUT2D eigenvalue weighted by atomic mass is 28.3. The molecule has 0 spiro atoms. The van der Waals surface area contributed by atoms with Gasteiger partial charge in [0.05, 0.1) is 53.9 Å². The minimum absolute atomic E-state index is 0.0757. The van der Waals surface area contributed by atoms with Crippen molar-refractivity contribution < 1.29 is 0 Å². The van der Waals surface area contributed by atoms with Crippen LogP contribution in [0.25, 0.3) is 21.5 Å². The van der Waals surface area contributed by atoms with Gasteiger partial charge in [-0.2, -0.15) is 0 Å². The molecule has 0 N–H and O–H groups in total. The molecule has 7 aromatic carbocycles. The van der Waals surface area contributed by atoms with Gasteiger partial charge in [0.1, 0.15) is 0 Å². The van der Waals surface area contributed by atoms with Crippen molar-refractivity contribution in [3.63, 3.8) is 0 Å². The molecule has 0 saturated carbocycles. The maximum absolute atomic E-state index is 2.83. The highest BCUT2D eigenvalue weighted by molar-refractivity contribution is 6.92. The van der Waals surface area contributed by atoms with Gasteiger partial charge in [-0.3, -0.25) is 0 Å². The molecule has 80 heavy (non-hydrogen) atoms. The van der Waals surface area contributed by atoms with Gasteiger partial charge in [0.25, 0.3) is 0 Å². The monoisotopic (exact) mass is 1150 g/mol. The Bertz CT molecular complexity index is 3050. The minimum Gasteiger partial charge on any atom is -0.309 e. The summed E-state index contributed by atoms with van der Waals surface area (Å²) in [6, 6.07) is 62.0. The molecular formula is C73H108N2Si5. The van der Waals surface area contributed by atoms with Gasteiger partial charge in [-0.25, -0.2) is 0 Å². The molecule has 7 heteroatoms. The second-order valence-corrected chi connectivity index (χ2v) is 48.3. The Morgan fingerprint density at radius 2 is 0.613 bits per heavy atom. The van der Waals surface area contributed by atoms with Crippen molar-refractivity contribution in [1.29, 1.82) is 0 Å². The fourth-order valence-electron chi connectivity index (χ4n) is 14.2. The predicted molar refractivity (Wildman–Crippen MR) is 379 cm³/mol. The second-order valence-electron chi connectivity index (χ2n) is 26.7. The van der Waals surface area contributed by atoms with Crippen LogP contribution >= 0.6 is 0 Å². The molecule has 0 radical (unpaired) electrons. The summed E-state index contributed by atoms with van der Waals surface area (Å²) in [6.07, 6.45) is 0. The zero-order valence-electron chi connectivity index (χ0n) is 54.5. The van der Waals surface area contributed by atoms with Crippen LogP contribution in [0.4, 0.5) is 34.1 Å². The Labute approximate surface area is 496 Å². The lowest BCUT2D eigenvalue weighted by Gasteiger charge is -2.37. The zero-order valence-corrected chi connectivity index (χ0v) is 60.0. The first kappa shape index (κ1) is 63.3. The van der Waals surface area contributed by atoms with Crippen LogP contribution in [0.5, 0.6) is 0 Å². The first-order valence-corrected chi connectivity index (χ1v) is 44.0.